The molecule has 2 aromatic rings. The molecule has 3 N–H and O–H groups in total. The third kappa shape index (κ3) is 4.04. The minimum absolute atomic E-state index is 0.156. The molecular weight excluding hydrogens is 464 g/mol. The molecule has 2 aromatic carbocycles. The maximum Gasteiger partial charge on any atom is 0.294 e. The molecule has 0 radical (unpaired) electrons. The molecule has 0 aliphatic carbocycles. The van der Waals surface area contributed by atoms with Crippen LogP contribution in [0.1, 0.15) is 38.8 Å². The number of fused-ring (bicyclic) bond motifs is 2. The van der Waals surface area contributed by atoms with E-state index in [2.05, 4.69) is 10.3 Å². The van der Waals surface area contributed by atoms with Gasteiger partial charge >= 0.3 is 0 Å². The van der Waals surface area contributed by atoms with Gasteiger partial charge in [-0.3, -0.25) is 14.1 Å². The summed E-state index contributed by atoms with van der Waals surface area (Å²) in [4.78, 5) is 4.29. The van der Waals surface area contributed by atoms with Crippen molar-refractivity contribution in [3.63, 3.8) is 0 Å². The first-order valence-electron chi connectivity index (χ1n) is 10.1. The average Bonchev–Trinajstić information content (AvgIpc) is 3.10. The SMILES string of the molecule is CC1(C)C(/C=C/C=C2/Nc3ccc(S(=O)(=O)O)cc3C2(C)C)=Nc2ccc(S(=O)(=O)O)cc21. The Hall–Kier alpha value is -2.79. The lowest BCUT2D eigenvalue weighted by atomic mass is 9.81. The number of benzene rings is 2. The second-order valence-corrected chi connectivity index (χ2v) is 12.0. The van der Waals surface area contributed by atoms with Crippen molar-refractivity contribution in [1.29, 1.82) is 0 Å². The fraction of sp³-hybridized carbons (Fsp3) is 0.261. The van der Waals surface area contributed by atoms with Crippen molar-refractivity contribution in [2.24, 2.45) is 4.99 Å². The summed E-state index contributed by atoms with van der Waals surface area (Å²) in [6.07, 6.45) is 5.54. The second kappa shape index (κ2) is 7.36. The van der Waals surface area contributed by atoms with E-state index in [-0.39, 0.29) is 9.79 Å². The predicted octanol–water partition coefficient (Wildman–Crippen LogP) is 4.39. The third-order valence-corrected chi connectivity index (χ3v) is 7.94. The fourth-order valence-electron chi connectivity index (χ4n) is 4.17. The van der Waals surface area contributed by atoms with Crippen molar-refractivity contribution in [2.45, 2.75) is 48.3 Å². The van der Waals surface area contributed by atoms with E-state index in [0.717, 1.165) is 22.7 Å². The van der Waals surface area contributed by atoms with Gasteiger partial charge in [0.1, 0.15) is 0 Å². The third-order valence-electron chi connectivity index (χ3n) is 6.24. The number of allylic oxidation sites excluding steroid dienone is 4. The highest BCUT2D eigenvalue weighted by atomic mass is 32.2. The Morgan fingerprint density at radius 1 is 0.848 bits per heavy atom. The molecule has 0 aromatic heterocycles. The van der Waals surface area contributed by atoms with Crippen molar-refractivity contribution in [1.82, 2.24) is 0 Å². The van der Waals surface area contributed by atoms with Crippen LogP contribution in [0.5, 0.6) is 0 Å². The van der Waals surface area contributed by atoms with Gasteiger partial charge in [0, 0.05) is 22.2 Å². The Morgan fingerprint density at radius 2 is 1.42 bits per heavy atom. The maximum atomic E-state index is 11.5. The van der Waals surface area contributed by atoms with E-state index in [0.29, 0.717) is 11.3 Å². The van der Waals surface area contributed by atoms with Gasteiger partial charge in [0.15, 0.2) is 0 Å². The molecule has 0 saturated carbocycles. The minimum atomic E-state index is -4.31. The number of aliphatic imine (C=N–C) groups is 1. The summed E-state index contributed by atoms with van der Waals surface area (Å²) in [6, 6.07) is 8.78. The molecule has 174 valence electrons. The summed E-state index contributed by atoms with van der Waals surface area (Å²) in [6.45, 7) is 7.74. The summed E-state index contributed by atoms with van der Waals surface area (Å²) >= 11 is 0. The van der Waals surface area contributed by atoms with Crippen LogP contribution in [0.2, 0.25) is 0 Å². The fourth-order valence-corrected chi connectivity index (χ4v) is 5.18. The quantitative estimate of drug-likeness (QED) is 0.544. The smallest absolute Gasteiger partial charge is 0.294 e. The van der Waals surface area contributed by atoms with E-state index in [4.69, 9.17) is 0 Å². The number of hydrogen-bond acceptors (Lipinski definition) is 6. The van der Waals surface area contributed by atoms with E-state index in [9.17, 15) is 25.9 Å². The molecule has 0 unspecified atom stereocenters. The number of anilines is 1. The molecule has 33 heavy (non-hydrogen) atoms. The molecule has 0 bridgehead atoms. The van der Waals surface area contributed by atoms with Crippen LogP contribution in [-0.2, 0) is 31.1 Å². The lowest BCUT2D eigenvalue weighted by Crippen LogP contribution is -2.24. The van der Waals surface area contributed by atoms with Gasteiger partial charge in [-0.05, 0) is 59.7 Å². The van der Waals surface area contributed by atoms with Crippen LogP contribution in [0.15, 0.2) is 75.1 Å². The zero-order valence-electron chi connectivity index (χ0n) is 18.5. The molecule has 0 spiro atoms. The molecule has 10 heteroatoms. The highest BCUT2D eigenvalue weighted by molar-refractivity contribution is 7.86. The van der Waals surface area contributed by atoms with E-state index in [1.54, 1.807) is 12.1 Å². The first-order chi connectivity index (χ1) is 15.1. The molecule has 8 nitrogen and oxygen atoms in total. The summed E-state index contributed by atoms with van der Waals surface area (Å²) in [5.74, 6) is 0. The van der Waals surface area contributed by atoms with Crippen molar-refractivity contribution < 1.29 is 25.9 Å². The van der Waals surface area contributed by atoms with Gasteiger partial charge in [0.2, 0.25) is 0 Å². The first-order valence-corrected chi connectivity index (χ1v) is 13.0. The topological polar surface area (TPSA) is 133 Å². The number of nitrogens with zero attached hydrogens (tertiary/aromatic N) is 1. The predicted molar refractivity (Wildman–Crippen MR) is 127 cm³/mol. The van der Waals surface area contributed by atoms with Crippen LogP contribution in [0.4, 0.5) is 11.4 Å². The van der Waals surface area contributed by atoms with Crippen molar-refractivity contribution >= 4 is 37.3 Å². The second-order valence-electron chi connectivity index (χ2n) is 9.15. The molecular formula is C23H24N2O6S2. The van der Waals surface area contributed by atoms with Crippen LogP contribution >= 0.6 is 0 Å². The van der Waals surface area contributed by atoms with Gasteiger partial charge in [-0.1, -0.05) is 33.8 Å². The van der Waals surface area contributed by atoms with E-state index in [1.807, 2.05) is 45.9 Å². The van der Waals surface area contributed by atoms with Crippen LogP contribution in [0.3, 0.4) is 0 Å². The van der Waals surface area contributed by atoms with Gasteiger partial charge in [-0.15, -0.1) is 0 Å². The molecule has 2 aliphatic heterocycles. The molecule has 4 rings (SSSR count). The molecule has 2 aliphatic rings. The zero-order chi connectivity index (χ0) is 24.4. The Balaban J connectivity index is 1.63. The Morgan fingerprint density at radius 3 is 2.03 bits per heavy atom. The minimum Gasteiger partial charge on any atom is -0.358 e. The van der Waals surface area contributed by atoms with Crippen LogP contribution in [0.25, 0.3) is 0 Å². The van der Waals surface area contributed by atoms with Gasteiger partial charge in [0.05, 0.1) is 21.2 Å². The van der Waals surface area contributed by atoms with Crippen LogP contribution in [-0.4, -0.2) is 31.7 Å². The number of rotatable bonds is 4. The Kier molecular flexibility index (Phi) is 5.21. The Labute approximate surface area is 193 Å². The zero-order valence-corrected chi connectivity index (χ0v) is 20.1. The summed E-state index contributed by atoms with van der Waals surface area (Å²) in [5, 5.41) is 3.29. The standard InChI is InChI=1S/C23H24N2O6S2/c1-22(2)16-12-14(32(26,27)28)8-10-18(16)24-20(22)6-5-7-21-23(3,4)17-13-15(33(29,30)31)9-11-19(17)25-21/h5-13,24H,1-4H3,(H,26,27,28)(H,29,30,31)/b7-5+,20-6+. The van der Waals surface area contributed by atoms with E-state index >= 15 is 0 Å². The van der Waals surface area contributed by atoms with Crippen molar-refractivity contribution in [2.75, 3.05) is 5.32 Å². The summed E-state index contributed by atoms with van der Waals surface area (Å²) in [7, 11) is -8.61. The van der Waals surface area contributed by atoms with Gasteiger partial charge in [-0.25, -0.2) is 0 Å². The first kappa shape index (κ1) is 23.4. The monoisotopic (exact) mass is 488 g/mol. The maximum absolute atomic E-state index is 11.5. The normalized spacial score (nSPS) is 19.9. The molecule has 0 saturated heterocycles. The van der Waals surface area contributed by atoms with Gasteiger partial charge < -0.3 is 5.32 Å². The molecule has 0 amide bonds. The van der Waals surface area contributed by atoms with Crippen molar-refractivity contribution in [3.05, 3.63) is 71.5 Å². The van der Waals surface area contributed by atoms with E-state index < -0.39 is 31.1 Å². The lowest BCUT2D eigenvalue weighted by Gasteiger charge is -2.21. The molecule has 0 atom stereocenters. The van der Waals surface area contributed by atoms with Gasteiger partial charge in [-0.2, -0.15) is 16.8 Å². The molecule has 0 fully saturated rings. The van der Waals surface area contributed by atoms with E-state index in [1.165, 1.54) is 24.3 Å². The highest BCUT2D eigenvalue weighted by Crippen LogP contribution is 2.44. The number of nitrogens with one attached hydrogen (secondary N) is 1. The Bertz CT molecular complexity index is 1480. The lowest BCUT2D eigenvalue weighted by molar-refractivity contribution is 0.480. The van der Waals surface area contributed by atoms with Crippen LogP contribution in [0, 0.1) is 0 Å². The summed E-state index contributed by atoms with van der Waals surface area (Å²) < 4.78 is 64.8. The largest absolute Gasteiger partial charge is 0.358 e. The highest BCUT2D eigenvalue weighted by Gasteiger charge is 2.36. The molecule has 2 heterocycles. The summed E-state index contributed by atoms with van der Waals surface area (Å²) in [5.41, 5.74) is 3.32. The number of hydrogen-bond donors (Lipinski definition) is 3. The van der Waals surface area contributed by atoms with Gasteiger partial charge in [0.25, 0.3) is 20.2 Å². The van der Waals surface area contributed by atoms with Crippen molar-refractivity contribution in [3.8, 4) is 0 Å². The average molecular weight is 489 g/mol. The van der Waals surface area contributed by atoms with Crippen LogP contribution < -0.4 is 5.32 Å².